The smallest absolute Gasteiger partial charge is 0.128 e. The number of nitrogens with one attached hydrogen (secondary N) is 1. The summed E-state index contributed by atoms with van der Waals surface area (Å²) in [5, 5.41) is 6.32. The van der Waals surface area contributed by atoms with Crippen molar-refractivity contribution in [2.24, 2.45) is 0 Å². The van der Waals surface area contributed by atoms with Crippen molar-refractivity contribution in [1.82, 2.24) is 10.3 Å². The van der Waals surface area contributed by atoms with Crippen molar-refractivity contribution in [2.75, 3.05) is 18.0 Å². The van der Waals surface area contributed by atoms with Gasteiger partial charge in [0.05, 0.1) is 0 Å². The van der Waals surface area contributed by atoms with Crippen LogP contribution in [0.3, 0.4) is 0 Å². The first kappa shape index (κ1) is 17.0. The van der Waals surface area contributed by atoms with Gasteiger partial charge in [-0.2, -0.15) is 0 Å². The molecule has 3 aromatic rings. The molecule has 0 radical (unpaired) electrons. The van der Waals surface area contributed by atoms with Gasteiger partial charge >= 0.3 is 0 Å². The number of anilines is 1. The lowest BCUT2D eigenvalue weighted by molar-refractivity contribution is 0.568. The van der Waals surface area contributed by atoms with Crippen molar-refractivity contribution in [1.29, 1.82) is 0 Å². The Kier molecular flexibility index (Phi) is 5.16. The van der Waals surface area contributed by atoms with E-state index in [1.165, 1.54) is 41.2 Å². The van der Waals surface area contributed by atoms with Crippen LogP contribution in [-0.2, 0) is 6.54 Å². The molecule has 2 heterocycles. The van der Waals surface area contributed by atoms with Crippen LogP contribution in [0.5, 0.6) is 0 Å². The Morgan fingerprint density at radius 3 is 2.69 bits per heavy atom. The Bertz CT molecular complexity index is 863. The fourth-order valence-electron chi connectivity index (χ4n) is 3.88. The van der Waals surface area contributed by atoms with Gasteiger partial charge in [-0.3, -0.25) is 0 Å². The summed E-state index contributed by atoms with van der Waals surface area (Å²) in [6.45, 7) is 5.37. The zero-order valence-electron chi connectivity index (χ0n) is 15.5. The van der Waals surface area contributed by atoms with Gasteiger partial charge in [0.1, 0.15) is 5.82 Å². The highest BCUT2D eigenvalue weighted by Crippen LogP contribution is 2.24. The van der Waals surface area contributed by atoms with Crippen molar-refractivity contribution >= 4 is 16.6 Å². The Morgan fingerprint density at radius 1 is 1.00 bits per heavy atom. The number of rotatable bonds is 5. The zero-order chi connectivity index (χ0) is 17.8. The fraction of sp³-hybridized carbons (Fsp3) is 0.348. The lowest BCUT2D eigenvalue weighted by Gasteiger charge is -2.28. The zero-order valence-corrected chi connectivity index (χ0v) is 15.5. The minimum absolute atomic E-state index is 0.299. The SMILES string of the molecule is C[C@H](NCc1ccnc(N2CCCCC2)c1)c1cccc2ccccc12. The number of piperidine rings is 1. The van der Waals surface area contributed by atoms with Gasteiger partial charge in [0, 0.05) is 31.9 Å². The molecule has 26 heavy (non-hydrogen) atoms. The lowest BCUT2D eigenvalue weighted by Crippen LogP contribution is -2.30. The van der Waals surface area contributed by atoms with Gasteiger partial charge in [-0.05, 0) is 60.2 Å². The predicted octanol–water partition coefficient (Wildman–Crippen LogP) is 5.08. The summed E-state index contributed by atoms with van der Waals surface area (Å²) in [5.74, 6) is 1.13. The molecule has 0 saturated carbocycles. The van der Waals surface area contributed by atoms with Gasteiger partial charge < -0.3 is 10.2 Å². The normalized spacial score (nSPS) is 16.0. The molecule has 134 valence electrons. The van der Waals surface area contributed by atoms with Gasteiger partial charge in [-0.1, -0.05) is 42.5 Å². The molecule has 0 unspecified atom stereocenters. The maximum absolute atomic E-state index is 4.59. The minimum Gasteiger partial charge on any atom is -0.357 e. The summed E-state index contributed by atoms with van der Waals surface area (Å²) >= 11 is 0. The number of fused-ring (bicyclic) bond motifs is 1. The van der Waals surface area contributed by atoms with E-state index >= 15 is 0 Å². The molecule has 0 bridgehead atoms. The maximum Gasteiger partial charge on any atom is 0.128 e. The monoisotopic (exact) mass is 345 g/mol. The number of benzene rings is 2. The first-order chi connectivity index (χ1) is 12.8. The molecule has 0 spiro atoms. The van der Waals surface area contributed by atoms with Crippen molar-refractivity contribution < 1.29 is 0 Å². The van der Waals surface area contributed by atoms with E-state index in [1.54, 1.807) is 0 Å². The van der Waals surface area contributed by atoms with E-state index in [0.717, 1.165) is 25.5 Å². The Labute approximate surface area is 156 Å². The second kappa shape index (κ2) is 7.88. The van der Waals surface area contributed by atoms with E-state index in [2.05, 4.69) is 76.7 Å². The Hall–Kier alpha value is -2.39. The second-order valence-electron chi connectivity index (χ2n) is 7.24. The first-order valence-electron chi connectivity index (χ1n) is 9.72. The molecule has 1 N–H and O–H groups in total. The van der Waals surface area contributed by atoms with Gasteiger partial charge in [0.2, 0.25) is 0 Å². The highest BCUT2D eigenvalue weighted by molar-refractivity contribution is 5.86. The van der Waals surface area contributed by atoms with Crippen LogP contribution in [0.2, 0.25) is 0 Å². The summed E-state index contributed by atoms with van der Waals surface area (Å²) < 4.78 is 0. The third kappa shape index (κ3) is 3.73. The van der Waals surface area contributed by atoms with E-state index in [4.69, 9.17) is 0 Å². The van der Waals surface area contributed by atoms with E-state index in [0.29, 0.717) is 6.04 Å². The predicted molar refractivity (Wildman–Crippen MR) is 110 cm³/mol. The quantitative estimate of drug-likeness (QED) is 0.699. The highest BCUT2D eigenvalue weighted by Gasteiger charge is 2.13. The van der Waals surface area contributed by atoms with E-state index in [9.17, 15) is 0 Å². The van der Waals surface area contributed by atoms with Crippen LogP contribution >= 0.6 is 0 Å². The minimum atomic E-state index is 0.299. The molecule has 3 heteroatoms. The van der Waals surface area contributed by atoms with E-state index in [-0.39, 0.29) is 0 Å². The molecule has 1 aliphatic rings. The van der Waals surface area contributed by atoms with Gasteiger partial charge in [0.25, 0.3) is 0 Å². The third-order valence-electron chi connectivity index (χ3n) is 5.39. The van der Waals surface area contributed by atoms with Crippen LogP contribution in [-0.4, -0.2) is 18.1 Å². The first-order valence-corrected chi connectivity index (χ1v) is 9.72. The van der Waals surface area contributed by atoms with Crippen LogP contribution in [0.15, 0.2) is 60.8 Å². The molecule has 0 aliphatic carbocycles. The van der Waals surface area contributed by atoms with Crippen LogP contribution in [0.25, 0.3) is 10.8 Å². The van der Waals surface area contributed by atoms with Crippen molar-refractivity contribution in [3.63, 3.8) is 0 Å². The van der Waals surface area contributed by atoms with E-state index in [1.807, 2.05) is 6.20 Å². The fourth-order valence-corrected chi connectivity index (χ4v) is 3.88. The summed E-state index contributed by atoms with van der Waals surface area (Å²) in [6, 6.07) is 19.8. The number of pyridine rings is 1. The summed E-state index contributed by atoms with van der Waals surface area (Å²) in [5.41, 5.74) is 2.65. The molecule has 3 nitrogen and oxygen atoms in total. The van der Waals surface area contributed by atoms with E-state index < -0.39 is 0 Å². The standard InChI is InChI=1S/C23H27N3/c1-18(21-11-7-9-20-8-3-4-10-22(20)21)25-17-19-12-13-24-23(16-19)26-14-5-2-6-15-26/h3-4,7-13,16,18,25H,2,5-6,14-15,17H2,1H3/t18-/m0/s1. The van der Waals surface area contributed by atoms with Crippen LogP contribution < -0.4 is 10.2 Å². The van der Waals surface area contributed by atoms with Crippen LogP contribution in [0.1, 0.15) is 43.4 Å². The topological polar surface area (TPSA) is 28.2 Å². The maximum atomic E-state index is 4.59. The summed E-state index contributed by atoms with van der Waals surface area (Å²) in [7, 11) is 0. The Balaban J connectivity index is 1.46. The second-order valence-corrected chi connectivity index (χ2v) is 7.24. The lowest BCUT2D eigenvalue weighted by atomic mass is 9.99. The van der Waals surface area contributed by atoms with Gasteiger partial charge in [0.15, 0.2) is 0 Å². The third-order valence-corrected chi connectivity index (χ3v) is 5.39. The largest absolute Gasteiger partial charge is 0.357 e. The molecule has 1 aromatic heterocycles. The molecule has 1 fully saturated rings. The average molecular weight is 345 g/mol. The number of hydrogen-bond acceptors (Lipinski definition) is 3. The molecule has 0 amide bonds. The summed E-state index contributed by atoms with van der Waals surface area (Å²) in [4.78, 5) is 7.01. The Morgan fingerprint density at radius 2 is 1.81 bits per heavy atom. The van der Waals surface area contributed by atoms with Crippen LogP contribution in [0, 0.1) is 0 Å². The molecule has 1 aliphatic heterocycles. The van der Waals surface area contributed by atoms with Crippen molar-refractivity contribution in [2.45, 2.75) is 38.8 Å². The molecule has 2 aromatic carbocycles. The highest BCUT2D eigenvalue weighted by atomic mass is 15.2. The molecular formula is C23H27N3. The van der Waals surface area contributed by atoms with Crippen molar-refractivity contribution in [3.8, 4) is 0 Å². The summed E-state index contributed by atoms with van der Waals surface area (Å²) in [6.07, 6.45) is 5.86. The van der Waals surface area contributed by atoms with Gasteiger partial charge in [-0.25, -0.2) is 4.98 Å². The van der Waals surface area contributed by atoms with Gasteiger partial charge in [-0.15, -0.1) is 0 Å². The molecule has 4 rings (SSSR count). The number of aromatic nitrogens is 1. The number of nitrogens with zero attached hydrogens (tertiary/aromatic N) is 2. The average Bonchev–Trinajstić information content (AvgIpc) is 2.72. The van der Waals surface area contributed by atoms with Crippen LogP contribution in [0.4, 0.5) is 5.82 Å². The number of hydrogen-bond donors (Lipinski definition) is 1. The molecular weight excluding hydrogens is 318 g/mol. The van der Waals surface area contributed by atoms with Crippen molar-refractivity contribution in [3.05, 3.63) is 71.9 Å². The molecule has 1 atom stereocenters. The molecule has 1 saturated heterocycles.